The van der Waals surface area contributed by atoms with Crippen LogP contribution in [-0.4, -0.2) is 40.7 Å². The molecule has 5 nitrogen and oxygen atoms in total. The highest BCUT2D eigenvalue weighted by atomic mass is 16.2. The summed E-state index contributed by atoms with van der Waals surface area (Å²) in [4.78, 5) is 13.8. The van der Waals surface area contributed by atoms with Gasteiger partial charge in [0, 0.05) is 25.4 Å². The summed E-state index contributed by atoms with van der Waals surface area (Å²) in [6, 6.07) is 0.217. The van der Waals surface area contributed by atoms with E-state index in [-0.39, 0.29) is 11.9 Å². The van der Waals surface area contributed by atoms with Gasteiger partial charge in [-0.25, -0.2) is 0 Å². The topological polar surface area (TPSA) is 50.2 Å². The molecule has 1 unspecified atom stereocenters. The van der Waals surface area contributed by atoms with Gasteiger partial charge in [0.2, 0.25) is 5.91 Å². The van der Waals surface area contributed by atoms with Crippen LogP contribution in [0.3, 0.4) is 0 Å². The number of carbonyl (C=O) groups excluding carboxylic acids is 1. The zero-order valence-corrected chi connectivity index (χ0v) is 9.81. The van der Waals surface area contributed by atoms with Crippen LogP contribution >= 0.6 is 0 Å². The number of likely N-dealkylation sites (N-methyl/N-ethyl adjacent to an activating group) is 1. The van der Waals surface area contributed by atoms with Crippen molar-refractivity contribution in [2.75, 3.05) is 20.1 Å². The minimum absolute atomic E-state index is 0.175. The monoisotopic (exact) mass is 222 g/mol. The predicted molar refractivity (Wildman–Crippen MR) is 60.8 cm³/mol. The van der Waals surface area contributed by atoms with Crippen LogP contribution in [0.25, 0.3) is 0 Å². The van der Waals surface area contributed by atoms with Gasteiger partial charge in [0.25, 0.3) is 0 Å². The van der Waals surface area contributed by atoms with Crippen molar-refractivity contribution in [2.24, 2.45) is 7.05 Å². The van der Waals surface area contributed by atoms with Crippen LogP contribution in [0.1, 0.15) is 24.4 Å². The number of rotatable bonds is 3. The maximum atomic E-state index is 11.9. The van der Waals surface area contributed by atoms with E-state index in [0.717, 1.165) is 24.9 Å². The lowest BCUT2D eigenvalue weighted by Gasteiger charge is -2.23. The first kappa shape index (κ1) is 11.1. The molecule has 0 aliphatic carbocycles. The quantitative estimate of drug-likeness (QED) is 0.800. The van der Waals surface area contributed by atoms with Gasteiger partial charge in [-0.1, -0.05) is 0 Å². The summed E-state index contributed by atoms with van der Waals surface area (Å²) in [5, 5.41) is 7.07. The molecule has 88 valence electrons. The van der Waals surface area contributed by atoms with Crippen molar-refractivity contribution in [1.29, 1.82) is 0 Å². The van der Waals surface area contributed by atoms with E-state index in [4.69, 9.17) is 0 Å². The Labute approximate surface area is 95.4 Å². The van der Waals surface area contributed by atoms with Gasteiger partial charge in [-0.3, -0.25) is 9.48 Å². The molecule has 16 heavy (non-hydrogen) atoms. The van der Waals surface area contributed by atoms with E-state index < -0.39 is 0 Å². The zero-order chi connectivity index (χ0) is 11.5. The third-order valence-electron chi connectivity index (χ3n) is 3.01. The molecule has 5 heteroatoms. The van der Waals surface area contributed by atoms with E-state index in [1.54, 1.807) is 11.7 Å². The molecule has 1 aromatic rings. The Morgan fingerprint density at radius 1 is 1.69 bits per heavy atom. The number of aryl methyl sites for hydroxylation is 1. The van der Waals surface area contributed by atoms with E-state index in [1.807, 2.05) is 24.3 Å². The first-order valence-electron chi connectivity index (χ1n) is 5.65. The normalized spacial score (nSPS) is 20.4. The molecule has 1 saturated heterocycles. The zero-order valence-electron chi connectivity index (χ0n) is 9.81. The van der Waals surface area contributed by atoms with Crippen LogP contribution in [-0.2, 0) is 11.8 Å². The molecule has 0 bridgehead atoms. The Bertz CT molecular complexity index is 374. The van der Waals surface area contributed by atoms with E-state index >= 15 is 0 Å². The third kappa shape index (κ3) is 2.09. The second-order valence-corrected chi connectivity index (χ2v) is 4.22. The molecule has 1 aliphatic heterocycles. The van der Waals surface area contributed by atoms with E-state index in [9.17, 15) is 4.79 Å². The fourth-order valence-corrected chi connectivity index (χ4v) is 2.28. The predicted octanol–water partition coefficient (Wildman–Crippen LogP) is 0.303. The molecular formula is C11H18N4O. The van der Waals surface area contributed by atoms with Gasteiger partial charge in [-0.2, -0.15) is 5.10 Å². The first-order chi connectivity index (χ1) is 7.72. The Hall–Kier alpha value is -1.36. The minimum Gasteiger partial charge on any atom is -0.334 e. The summed E-state index contributed by atoms with van der Waals surface area (Å²) >= 11 is 0. The van der Waals surface area contributed by atoms with Crippen molar-refractivity contribution in [3.63, 3.8) is 0 Å². The van der Waals surface area contributed by atoms with Crippen LogP contribution < -0.4 is 5.32 Å². The highest BCUT2D eigenvalue weighted by molar-refractivity contribution is 5.79. The van der Waals surface area contributed by atoms with Gasteiger partial charge < -0.3 is 10.2 Å². The van der Waals surface area contributed by atoms with Crippen molar-refractivity contribution in [3.8, 4) is 0 Å². The minimum atomic E-state index is 0.175. The van der Waals surface area contributed by atoms with Crippen molar-refractivity contribution in [2.45, 2.75) is 18.9 Å². The number of aromatic nitrogens is 2. The Kier molecular flexibility index (Phi) is 3.24. The molecule has 0 spiro atoms. The fraction of sp³-hybridized carbons (Fsp3) is 0.636. The van der Waals surface area contributed by atoms with Crippen molar-refractivity contribution in [1.82, 2.24) is 20.0 Å². The van der Waals surface area contributed by atoms with E-state index in [1.165, 1.54) is 0 Å². The average molecular weight is 222 g/mol. The SMILES string of the molecule is CNCC(=O)N1CCCC1c1cnn(C)c1. The van der Waals surface area contributed by atoms with Crippen molar-refractivity contribution < 1.29 is 4.79 Å². The number of carbonyl (C=O) groups is 1. The van der Waals surface area contributed by atoms with Crippen LogP contribution in [0.2, 0.25) is 0 Å². The lowest BCUT2D eigenvalue weighted by atomic mass is 10.1. The summed E-state index contributed by atoms with van der Waals surface area (Å²) in [5.74, 6) is 0.175. The Morgan fingerprint density at radius 2 is 2.50 bits per heavy atom. The molecule has 0 radical (unpaired) electrons. The molecule has 0 aromatic carbocycles. The van der Waals surface area contributed by atoms with Gasteiger partial charge in [-0.15, -0.1) is 0 Å². The Balaban J connectivity index is 2.11. The standard InChI is InChI=1S/C11H18N4O/c1-12-7-11(16)15-5-3-4-10(15)9-6-13-14(2)8-9/h6,8,10,12H,3-5,7H2,1-2H3. The van der Waals surface area contributed by atoms with Crippen LogP contribution in [0, 0.1) is 0 Å². The van der Waals surface area contributed by atoms with Crippen LogP contribution in [0.5, 0.6) is 0 Å². The molecule has 1 amide bonds. The van der Waals surface area contributed by atoms with E-state index in [2.05, 4.69) is 10.4 Å². The molecule has 1 aromatic heterocycles. The van der Waals surface area contributed by atoms with Gasteiger partial charge in [0.1, 0.15) is 0 Å². The summed E-state index contributed by atoms with van der Waals surface area (Å²) < 4.78 is 1.79. The number of hydrogen-bond acceptors (Lipinski definition) is 3. The molecule has 0 saturated carbocycles. The lowest BCUT2D eigenvalue weighted by molar-refractivity contribution is -0.131. The number of amides is 1. The van der Waals surface area contributed by atoms with Crippen LogP contribution in [0.4, 0.5) is 0 Å². The molecular weight excluding hydrogens is 204 g/mol. The summed E-state index contributed by atoms with van der Waals surface area (Å²) in [7, 11) is 3.70. The molecule has 1 fully saturated rings. The van der Waals surface area contributed by atoms with Crippen molar-refractivity contribution in [3.05, 3.63) is 18.0 Å². The van der Waals surface area contributed by atoms with Gasteiger partial charge in [0.05, 0.1) is 18.8 Å². The number of likely N-dealkylation sites (tertiary alicyclic amines) is 1. The second kappa shape index (κ2) is 4.65. The summed E-state index contributed by atoms with van der Waals surface area (Å²) in [6.45, 7) is 1.27. The number of nitrogens with one attached hydrogen (secondary N) is 1. The highest BCUT2D eigenvalue weighted by Gasteiger charge is 2.29. The highest BCUT2D eigenvalue weighted by Crippen LogP contribution is 2.31. The lowest BCUT2D eigenvalue weighted by Crippen LogP contribution is -2.36. The fourth-order valence-electron chi connectivity index (χ4n) is 2.28. The largest absolute Gasteiger partial charge is 0.334 e. The molecule has 1 atom stereocenters. The maximum Gasteiger partial charge on any atom is 0.237 e. The Morgan fingerprint density at radius 3 is 3.12 bits per heavy atom. The van der Waals surface area contributed by atoms with E-state index in [0.29, 0.717) is 6.54 Å². The number of nitrogens with zero attached hydrogens (tertiary/aromatic N) is 3. The smallest absolute Gasteiger partial charge is 0.237 e. The second-order valence-electron chi connectivity index (χ2n) is 4.22. The molecule has 1 N–H and O–H groups in total. The molecule has 1 aliphatic rings. The van der Waals surface area contributed by atoms with Gasteiger partial charge >= 0.3 is 0 Å². The van der Waals surface area contributed by atoms with Crippen LogP contribution in [0.15, 0.2) is 12.4 Å². The third-order valence-corrected chi connectivity index (χ3v) is 3.01. The molecule has 2 heterocycles. The summed E-state index contributed by atoms with van der Waals surface area (Å²) in [6.07, 6.45) is 5.97. The maximum absolute atomic E-state index is 11.9. The molecule has 2 rings (SSSR count). The van der Waals surface area contributed by atoms with Crippen molar-refractivity contribution >= 4 is 5.91 Å². The first-order valence-corrected chi connectivity index (χ1v) is 5.65. The average Bonchev–Trinajstić information content (AvgIpc) is 2.85. The summed E-state index contributed by atoms with van der Waals surface area (Å²) in [5.41, 5.74) is 1.14. The van der Waals surface area contributed by atoms with Gasteiger partial charge in [-0.05, 0) is 19.9 Å². The number of hydrogen-bond donors (Lipinski definition) is 1. The van der Waals surface area contributed by atoms with Gasteiger partial charge in [0.15, 0.2) is 0 Å².